The number of carbonyl (C=O) groups excluding carboxylic acids is 1. The first-order chi connectivity index (χ1) is 9.99. The number of hydrogen-bond acceptors (Lipinski definition) is 4. The van der Waals surface area contributed by atoms with Gasteiger partial charge in [-0.1, -0.05) is 13.8 Å². The Labute approximate surface area is 126 Å². The maximum absolute atomic E-state index is 12.3. The summed E-state index contributed by atoms with van der Waals surface area (Å²) in [6.45, 7) is 7.13. The van der Waals surface area contributed by atoms with Crippen LogP contribution in [0.2, 0.25) is 0 Å². The summed E-state index contributed by atoms with van der Waals surface area (Å²) < 4.78 is 0. The Kier molecular flexibility index (Phi) is 6.63. The van der Waals surface area contributed by atoms with Crippen molar-refractivity contribution in [3.63, 3.8) is 0 Å². The van der Waals surface area contributed by atoms with Gasteiger partial charge < -0.3 is 10.0 Å². The van der Waals surface area contributed by atoms with Crippen molar-refractivity contribution < 1.29 is 14.7 Å². The first kappa shape index (κ1) is 17.4. The number of aliphatic carboxylic acids is 1. The van der Waals surface area contributed by atoms with Crippen molar-refractivity contribution in [1.29, 1.82) is 5.26 Å². The smallest absolute Gasteiger partial charge is 0.310 e. The molecule has 1 heterocycles. The number of amides is 1. The van der Waals surface area contributed by atoms with Gasteiger partial charge in [0.1, 0.15) is 0 Å². The Bertz CT molecular complexity index is 405. The predicted octanol–water partition coefficient (Wildman–Crippen LogP) is 1.33. The lowest BCUT2D eigenvalue weighted by atomic mass is 9.79. The van der Waals surface area contributed by atoms with Crippen molar-refractivity contribution in [1.82, 2.24) is 9.80 Å². The Morgan fingerprint density at radius 2 is 1.76 bits per heavy atom. The van der Waals surface area contributed by atoms with Crippen LogP contribution in [0.3, 0.4) is 0 Å². The van der Waals surface area contributed by atoms with E-state index in [9.17, 15) is 14.7 Å². The molecule has 1 fully saturated rings. The summed E-state index contributed by atoms with van der Waals surface area (Å²) in [6, 6.07) is 2.12. The lowest BCUT2D eigenvalue weighted by molar-refractivity contribution is -0.154. The Morgan fingerprint density at radius 3 is 2.19 bits per heavy atom. The van der Waals surface area contributed by atoms with E-state index in [4.69, 9.17) is 5.26 Å². The molecule has 1 aliphatic heterocycles. The van der Waals surface area contributed by atoms with Crippen molar-refractivity contribution >= 4 is 11.9 Å². The second-order valence-corrected chi connectivity index (χ2v) is 5.60. The molecule has 1 aliphatic rings. The van der Waals surface area contributed by atoms with Gasteiger partial charge in [0.25, 0.3) is 0 Å². The molecule has 0 aromatic carbocycles. The van der Waals surface area contributed by atoms with Crippen LogP contribution in [-0.4, -0.2) is 59.5 Å². The number of carboxylic acid groups (broad SMARTS) is 1. The largest absolute Gasteiger partial charge is 0.481 e. The van der Waals surface area contributed by atoms with Crippen molar-refractivity contribution in [3.8, 4) is 6.07 Å². The molecule has 0 spiro atoms. The summed E-state index contributed by atoms with van der Waals surface area (Å²) in [4.78, 5) is 27.7. The predicted molar refractivity (Wildman–Crippen MR) is 78.5 cm³/mol. The highest BCUT2D eigenvalue weighted by Gasteiger charge is 2.38. The first-order valence-corrected chi connectivity index (χ1v) is 7.59. The van der Waals surface area contributed by atoms with Crippen molar-refractivity contribution in [3.05, 3.63) is 0 Å². The van der Waals surface area contributed by atoms with Crippen LogP contribution < -0.4 is 0 Å². The Morgan fingerprint density at radius 1 is 1.19 bits per heavy atom. The number of piperazine rings is 1. The van der Waals surface area contributed by atoms with Gasteiger partial charge in [0, 0.05) is 45.6 Å². The number of nitrogens with zero attached hydrogens (tertiary/aromatic N) is 3. The van der Waals surface area contributed by atoms with Gasteiger partial charge in [-0.05, 0) is 12.8 Å². The molecule has 1 saturated heterocycles. The highest BCUT2D eigenvalue weighted by Crippen LogP contribution is 2.31. The third-order valence-corrected chi connectivity index (χ3v) is 4.56. The molecule has 6 heteroatoms. The average molecular weight is 295 g/mol. The molecule has 0 aromatic rings. The number of carboxylic acids is 1. The summed E-state index contributed by atoms with van der Waals surface area (Å²) in [5, 5.41) is 18.0. The number of nitriles is 1. The van der Waals surface area contributed by atoms with Gasteiger partial charge >= 0.3 is 5.97 Å². The van der Waals surface area contributed by atoms with E-state index in [-0.39, 0.29) is 12.3 Å². The highest BCUT2D eigenvalue weighted by molar-refractivity contribution is 5.85. The summed E-state index contributed by atoms with van der Waals surface area (Å²) >= 11 is 0. The molecule has 1 rings (SSSR count). The van der Waals surface area contributed by atoms with E-state index in [1.807, 2.05) is 13.8 Å². The van der Waals surface area contributed by atoms with E-state index in [1.165, 1.54) is 0 Å². The summed E-state index contributed by atoms with van der Waals surface area (Å²) in [7, 11) is 0. The minimum atomic E-state index is -0.935. The number of hydrogen-bond donors (Lipinski definition) is 1. The molecule has 1 amide bonds. The highest BCUT2D eigenvalue weighted by atomic mass is 16.4. The molecule has 0 atom stereocenters. The SMILES string of the molecule is CCC(CC)(CC(=O)N1CCN(CCC#N)CC1)C(=O)O. The molecule has 0 radical (unpaired) electrons. The summed E-state index contributed by atoms with van der Waals surface area (Å²) in [6.07, 6.45) is 1.51. The van der Waals surface area contributed by atoms with Crippen LogP contribution in [0.25, 0.3) is 0 Å². The van der Waals surface area contributed by atoms with Crippen LogP contribution in [-0.2, 0) is 9.59 Å². The first-order valence-electron chi connectivity index (χ1n) is 7.59. The van der Waals surface area contributed by atoms with Crippen LogP contribution in [0, 0.1) is 16.7 Å². The van der Waals surface area contributed by atoms with Gasteiger partial charge in [0.2, 0.25) is 5.91 Å². The van der Waals surface area contributed by atoms with Crippen molar-refractivity contribution in [2.75, 3.05) is 32.7 Å². The minimum absolute atomic E-state index is 0.0685. The fourth-order valence-corrected chi connectivity index (χ4v) is 2.71. The topological polar surface area (TPSA) is 84.6 Å². The molecule has 1 N–H and O–H groups in total. The zero-order valence-corrected chi connectivity index (χ0v) is 13.0. The van der Waals surface area contributed by atoms with Crippen LogP contribution in [0.1, 0.15) is 39.5 Å². The van der Waals surface area contributed by atoms with E-state index < -0.39 is 11.4 Å². The monoisotopic (exact) mass is 295 g/mol. The van der Waals surface area contributed by atoms with Crippen LogP contribution in [0.4, 0.5) is 0 Å². The molecule has 0 aromatic heterocycles. The standard InChI is InChI=1S/C15H25N3O3/c1-3-15(4-2,14(20)21)12-13(19)18-10-8-17(9-11-18)7-5-6-16/h3-5,7-12H2,1-2H3,(H,20,21). The van der Waals surface area contributed by atoms with Crippen LogP contribution >= 0.6 is 0 Å². The molecule has 0 aliphatic carbocycles. The van der Waals surface area contributed by atoms with Gasteiger partial charge in [0.05, 0.1) is 11.5 Å². The Hall–Kier alpha value is -1.61. The molecule has 0 saturated carbocycles. The summed E-state index contributed by atoms with van der Waals surface area (Å²) in [5.74, 6) is -0.950. The molecule has 21 heavy (non-hydrogen) atoms. The third-order valence-electron chi connectivity index (χ3n) is 4.56. The minimum Gasteiger partial charge on any atom is -0.481 e. The third kappa shape index (κ3) is 4.43. The molecular weight excluding hydrogens is 270 g/mol. The van der Waals surface area contributed by atoms with Crippen molar-refractivity contribution in [2.45, 2.75) is 39.5 Å². The van der Waals surface area contributed by atoms with Gasteiger partial charge in [-0.3, -0.25) is 14.5 Å². The molecular formula is C15H25N3O3. The molecule has 118 valence electrons. The zero-order valence-electron chi connectivity index (χ0n) is 13.0. The average Bonchev–Trinajstić information content (AvgIpc) is 2.50. The van der Waals surface area contributed by atoms with E-state index in [0.717, 1.165) is 19.6 Å². The van der Waals surface area contributed by atoms with E-state index in [1.54, 1.807) is 4.90 Å². The van der Waals surface area contributed by atoms with Gasteiger partial charge in [0.15, 0.2) is 0 Å². The van der Waals surface area contributed by atoms with E-state index >= 15 is 0 Å². The molecule has 6 nitrogen and oxygen atoms in total. The maximum atomic E-state index is 12.3. The fourth-order valence-electron chi connectivity index (χ4n) is 2.71. The quantitative estimate of drug-likeness (QED) is 0.766. The van der Waals surface area contributed by atoms with Crippen LogP contribution in [0.5, 0.6) is 0 Å². The van der Waals surface area contributed by atoms with Gasteiger partial charge in [-0.2, -0.15) is 5.26 Å². The van der Waals surface area contributed by atoms with E-state index in [2.05, 4.69) is 11.0 Å². The lowest BCUT2D eigenvalue weighted by Crippen LogP contribution is -2.50. The lowest BCUT2D eigenvalue weighted by Gasteiger charge is -2.36. The fraction of sp³-hybridized carbons (Fsp3) is 0.800. The number of carbonyl (C=O) groups is 2. The van der Waals surface area contributed by atoms with E-state index in [0.29, 0.717) is 32.4 Å². The van der Waals surface area contributed by atoms with Crippen LogP contribution in [0.15, 0.2) is 0 Å². The zero-order chi connectivity index (χ0) is 15.9. The maximum Gasteiger partial charge on any atom is 0.310 e. The second kappa shape index (κ2) is 7.99. The second-order valence-electron chi connectivity index (χ2n) is 5.60. The number of rotatable bonds is 7. The summed E-state index contributed by atoms with van der Waals surface area (Å²) in [5.41, 5.74) is -0.935. The van der Waals surface area contributed by atoms with Gasteiger partial charge in [-0.15, -0.1) is 0 Å². The van der Waals surface area contributed by atoms with Crippen molar-refractivity contribution in [2.24, 2.45) is 5.41 Å². The van der Waals surface area contributed by atoms with Gasteiger partial charge in [-0.25, -0.2) is 0 Å². The Balaban J connectivity index is 2.54. The molecule has 0 unspecified atom stereocenters. The normalized spacial score (nSPS) is 16.5. The molecule has 0 bridgehead atoms.